The highest BCUT2D eigenvalue weighted by molar-refractivity contribution is 6.18. The van der Waals surface area contributed by atoms with E-state index in [2.05, 4.69) is 4.98 Å². The molecule has 0 aliphatic heterocycles. The van der Waals surface area contributed by atoms with Crippen molar-refractivity contribution >= 4 is 17.5 Å². The maximum absolute atomic E-state index is 12.1. The third kappa shape index (κ3) is 2.27. The van der Waals surface area contributed by atoms with E-state index in [1.165, 1.54) is 18.5 Å². The standard InChI is InChI=1S/C11H13ClN2O2/c12-4-6-14(8-1-2-8)11(16)9-3-5-13-7-10(9)15/h3,5,7-8,15H,1-2,4,6H2. The van der Waals surface area contributed by atoms with Crippen LogP contribution in [0.25, 0.3) is 0 Å². The largest absolute Gasteiger partial charge is 0.505 e. The number of pyridine rings is 1. The summed E-state index contributed by atoms with van der Waals surface area (Å²) in [6, 6.07) is 1.82. The van der Waals surface area contributed by atoms with Crippen molar-refractivity contribution in [1.29, 1.82) is 0 Å². The number of nitrogens with zero attached hydrogens (tertiary/aromatic N) is 2. The summed E-state index contributed by atoms with van der Waals surface area (Å²) in [5.74, 6) is 0.171. The molecule has 1 saturated carbocycles. The quantitative estimate of drug-likeness (QED) is 0.814. The van der Waals surface area contributed by atoms with Gasteiger partial charge in [-0.2, -0.15) is 0 Å². The molecule has 1 amide bonds. The topological polar surface area (TPSA) is 53.4 Å². The van der Waals surface area contributed by atoms with Gasteiger partial charge in [-0.3, -0.25) is 9.78 Å². The molecule has 16 heavy (non-hydrogen) atoms. The highest BCUT2D eigenvalue weighted by Gasteiger charge is 2.33. The second kappa shape index (κ2) is 4.70. The Hall–Kier alpha value is -1.29. The van der Waals surface area contributed by atoms with Crippen LogP contribution in [-0.2, 0) is 0 Å². The molecule has 0 bridgehead atoms. The van der Waals surface area contributed by atoms with Gasteiger partial charge in [0.25, 0.3) is 5.91 Å². The molecule has 0 unspecified atom stereocenters. The second-order valence-corrected chi connectivity index (χ2v) is 4.19. The lowest BCUT2D eigenvalue weighted by atomic mass is 10.2. The van der Waals surface area contributed by atoms with Gasteiger partial charge in [0.15, 0.2) is 0 Å². The van der Waals surface area contributed by atoms with E-state index in [4.69, 9.17) is 11.6 Å². The van der Waals surface area contributed by atoms with Crippen LogP contribution in [-0.4, -0.2) is 39.4 Å². The van der Waals surface area contributed by atoms with Crippen molar-refractivity contribution in [3.05, 3.63) is 24.0 Å². The summed E-state index contributed by atoms with van der Waals surface area (Å²) in [4.78, 5) is 17.6. The maximum atomic E-state index is 12.1. The van der Waals surface area contributed by atoms with Crippen LogP contribution in [0.15, 0.2) is 18.5 Å². The number of rotatable bonds is 4. The molecule has 0 saturated heterocycles. The van der Waals surface area contributed by atoms with E-state index in [1.807, 2.05) is 0 Å². The third-order valence-electron chi connectivity index (χ3n) is 2.60. The van der Waals surface area contributed by atoms with Crippen LogP contribution in [0.3, 0.4) is 0 Å². The summed E-state index contributed by atoms with van der Waals surface area (Å²) in [5, 5.41) is 9.56. The molecule has 0 atom stereocenters. The Labute approximate surface area is 98.9 Å². The number of carbonyl (C=O) groups is 1. The molecule has 1 fully saturated rings. The number of hydrogen-bond acceptors (Lipinski definition) is 3. The zero-order valence-corrected chi connectivity index (χ0v) is 9.52. The van der Waals surface area contributed by atoms with Gasteiger partial charge in [-0.25, -0.2) is 0 Å². The van der Waals surface area contributed by atoms with E-state index < -0.39 is 0 Å². The smallest absolute Gasteiger partial charge is 0.258 e. The minimum absolute atomic E-state index is 0.0762. The highest BCUT2D eigenvalue weighted by atomic mass is 35.5. The maximum Gasteiger partial charge on any atom is 0.258 e. The number of aromatic nitrogens is 1. The molecule has 0 spiro atoms. The molecule has 1 aromatic rings. The zero-order chi connectivity index (χ0) is 11.5. The van der Waals surface area contributed by atoms with Crippen LogP contribution >= 0.6 is 11.6 Å². The van der Waals surface area contributed by atoms with Crippen molar-refractivity contribution < 1.29 is 9.90 Å². The van der Waals surface area contributed by atoms with Crippen molar-refractivity contribution in [2.24, 2.45) is 0 Å². The van der Waals surface area contributed by atoms with Crippen LogP contribution in [0.1, 0.15) is 23.2 Å². The number of hydrogen-bond donors (Lipinski definition) is 1. The summed E-state index contributed by atoms with van der Waals surface area (Å²) in [6.07, 6.45) is 4.82. The average Bonchev–Trinajstić information content (AvgIpc) is 3.09. The number of carbonyl (C=O) groups excluding carboxylic acids is 1. The van der Waals surface area contributed by atoms with Gasteiger partial charge in [0.1, 0.15) is 5.75 Å². The molecule has 1 aromatic heterocycles. The lowest BCUT2D eigenvalue weighted by Crippen LogP contribution is -2.34. The van der Waals surface area contributed by atoms with Crippen LogP contribution in [0.5, 0.6) is 5.75 Å². The molecule has 1 N–H and O–H groups in total. The Morgan fingerprint density at radius 3 is 2.94 bits per heavy atom. The Morgan fingerprint density at radius 2 is 2.38 bits per heavy atom. The highest BCUT2D eigenvalue weighted by Crippen LogP contribution is 2.29. The van der Waals surface area contributed by atoms with Crippen molar-refractivity contribution in [1.82, 2.24) is 9.88 Å². The number of alkyl halides is 1. The molecule has 5 heteroatoms. The Balaban J connectivity index is 2.19. The van der Waals surface area contributed by atoms with Gasteiger partial charge in [-0.15, -0.1) is 11.6 Å². The summed E-state index contributed by atoms with van der Waals surface area (Å²) >= 11 is 5.67. The fraction of sp³-hybridized carbons (Fsp3) is 0.455. The lowest BCUT2D eigenvalue weighted by molar-refractivity contribution is 0.0750. The summed E-state index contributed by atoms with van der Waals surface area (Å²) in [5.41, 5.74) is 0.298. The molecule has 86 valence electrons. The first-order valence-electron chi connectivity index (χ1n) is 5.24. The zero-order valence-electron chi connectivity index (χ0n) is 8.77. The van der Waals surface area contributed by atoms with E-state index >= 15 is 0 Å². The second-order valence-electron chi connectivity index (χ2n) is 3.81. The Kier molecular flexibility index (Phi) is 3.29. The van der Waals surface area contributed by atoms with Gasteiger partial charge < -0.3 is 10.0 Å². The lowest BCUT2D eigenvalue weighted by Gasteiger charge is -2.21. The summed E-state index contributed by atoms with van der Waals surface area (Å²) in [7, 11) is 0. The van der Waals surface area contributed by atoms with E-state index in [1.54, 1.807) is 4.90 Å². The van der Waals surface area contributed by atoms with Gasteiger partial charge in [-0.05, 0) is 18.9 Å². The van der Waals surface area contributed by atoms with E-state index in [0.29, 0.717) is 24.0 Å². The fourth-order valence-corrected chi connectivity index (χ4v) is 1.83. The molecule has 1 aliphatic carbocycles. The number of amides is 1. The van der Waals surface area contributed by atoms with E-state index in [0.717, 1.165) is 12.8 Å². The Bertz CT molecular complexity index is 393. The first kappa shape index (κ1) is 11.2. The van der Waals surface area contributed by atoms with Gasteiger partial charge in [0.05, 0.1) is 11.8 Å². The van der Waals surface area contributed by atoms with E-state index in [9.17, 15) is 9.90 Å². The monoisotopic (exact) mass is 240 g/mol. The van der Waals surface area contributed by atoms with Crippen molar-refractivity contribution in [2.45, 2.75) is 18.9 Å². The normalized spacial score (nSPS) is 14.8. The first-order chi connectivity index (χ1) is 7.74. The van der Waals surface area contributed by atoms with Crippen molar-refractivity contribution in [3.63, 3.8) is 0 Å². The Morgan fingerprint density at radius 1 is 1.62 bits per heavy atom. The average molecular weight is 241 g/mol. The molecule has 0 aromatic carbocycles. The molecular formula is C11H13ClN2O2. The fourth-order valence-electron chi connectivity index (χ4n) is 1.65. The molecule has 1 aliphatic rings. The van der Waals surface area contributed by atoms with Gasteiger partial charge in [0.2, 0.25) is 0 Å². The van der Waals surface area contributed by atoms with Crippen molar-refractivity contribution in [3.8, 4) is 5.75 Å². The third-order valence-corrected chi connectivity index (χ3v) is 2.77. The molecular weight excluding hydrogens is 228 g/mol. The molecule has 0 radical (unpaired) electrons. The van der Waals surface area contributed by atoms with Crippen molar-refractivity contribution in [2.75, 3.05) is 12.4 Å². The van der Waals surface area contributed by atoms with Crippen LogP contribution in [0.4, 0.5) is 0 Å². The number of aromatic hydroxyl groups is 1. The SMILES string of the molecule is O=C(c1ccncc1O)N(CCCl)C1CC1. The number of halogens is 1. The predicted octanol–water partition coefficient (Wildman–Crippen LogP) is 1.63. The van der Waals surface area contributed by atoms with Crippen LogP contribution in [0.2, 0.25) is 0 Å². The first-order valence-corrected chi connectivity index (χ1v) is 5.77. The van der Waals surface area contributed by atoms with Crippen LogP contribution < -0.4 is 0 Å². The molecule has 1 heterocycles. The molecule has 2 rings (SSSR count). The van der Waals surface area contributed by atoms with Crippen LogP contribution in [0, 0.1) is 0 Å². The minimum Gasteiger partial charge on any atom is -0.505 e. The predicted molar refractivity (Wildman–Crippen MR) is 60.7 cm³/mol. The van der Waals surface area contributed by atoms with Gasteiger partial charge in [-0.1, -0.05) is 0 Å². The van der Waals surface area contributed by atoms with Gasteiger partial charge in [0, 0.05) is 24.7 Å². The molecule has 4 nitrogen and oxygen atoms in total. The van der Waals surface area contributed by atoms with Gasteiger partial charge >= 0.3 is 0 Å². The van der Waals surface area contributed by atoms with E-state index in [-0.39, 0.29) is 11.7 Å². The minimum atomic E-state index is -0.164. The summed E-state index contributed by atoms with van der Waals surface area (Å²) in [6.45, 7) is 0.521. The summed E-state index contributed by atoms with van der Waals surface area (Å²) < 4.78 is 0.